The molecule has 5 heteroatoms. The van der Waals surface area contributed by atoms with Gasteiger partial charge in [-0.15, -0.1) is 0 Å². The van der Waals surface area contributed by atoms with Crippen LogP contribution in [0.2, 0.25) is 5.02 Å². The molecule has 0 saturated heterocycles. The summed E-state index contributed by atoms with van der Waals surface area (Å²) in [5.74, 6) is 2.14. The highest BCUT2D eigenvalue weighted by Crippen LogP contribution is 2.42. The van der Waals surface area contributed by atoms with Crippen LogP contribution < -0.4 is 9.47 Å². The van der Waals surface area contributed by atoms with Crippen molar-refractivity contribution >= 4 is 17.5 Å². The summed E-state index contributed by atoms with van der Waals surface area (Å²) >= 11 is 5.97. The van der Waals surface area contributed by atoms with Crippen LogP contribution in [0.1, 0.15) is 35.1 Å². The molecular weight excluding hydrogens is 362 g/mol. The lowest BCUT2D eigenvalue weighted by molar-refractivity contribution is -0.131. The zero-order chi connectivity index (χ0) is 18.4. The molecule has 2 heterocycles. The van der Waals surface area contributed by atoms with Gasteiger partial charge in [0.15, 0.2) is 0 Å². The first-order valence-electron chi connectivity index (χ1n) is 9.66. The number of rotatable bonds is 5. The van der Waals surface area contributed by atoms with Crippen LogP contribution in [-0.2, 0) is 30.6 Å². The van der Waals surface area contributed by atoms with Gasteiger partial charge in [-0.2, -0.15) is 0 Å². The monoisotopic (exact) mass is 383 g/mol. The third kappa shape index (κ3) is 3.27. The summed E-state index contributed by atoms with van der Waals surface area (Å²) < 4.78 is 11.8. The second kappa shape index (κ2) is 6.75. The summed E-state index contributed by atoms with van der Waals surface area (Å²) in [6, 6.07) is 10.0. The van der Waals surface area contributed by atoms with E-state index in [-0.39, 0.29) is 5.91 Å². The van der Waals surface area contributed by atoms with Crippen molar-refractivity contribution in [3.8, 4) is 11.5 Å². The molecule has 0 radical (unpaired) electrons. The van der Waals surface area contributed by atoms with Crippen LogP contribution in [0.25, 0.3) is 0 Å². The Morgan fingerprint density at radius 2 is 1.89 bits per heavy atom. The first-order chi connectivity index (χ1) is 13.2. The molecule has 2 aromatic carbocycles. The lowest BCUT2D eigenvalue weighted by atomic mass is 9.98. The van der Waals surface area contributed by atoms with E-state index in [1.165, 1.54) is 11.1 Å². The van der Waals surface area contributed by atoms with Crippen LogP contribution >= 0.6 is 11.6 Å². The highest BCUT2D eigenvalue weighted by atomic mass is 35.5. The average Bonchev–Trinajstić information content (AvgIpc) is 3.20. The average molecular weight is 384 g/mol. The smallest absolute Gasteiger partial charge is 0.227 e. The van der Waals surface area contributed by atoms with E-state index < -0.39 is 0 Å². The van der Waals surface area contributed by atoms with Gasteiger partial charge in [0.25, 0.3) is 0 Å². The third-order valence-corrected chi connectivity index (χ3v) is 5.92. The van der Waals surface area contributed by atoms with Gasteiger partial charge < -0.3 is 14.4 Å². The largest absolute Gasteiger partial charge is 0.493 e. The minimum absolute atomic E-state index is 0.170. The van der Waals surface area contributed by atoms with Crippen molar-refractivity contribution < 1.29 is 14.3 Å². The molecule has 1 aliphatic carbocycles. The molecule has 5 rings (SSSR count). The second-order valence-corrected chi connectivity index (χ2v) is 8.01. The molecule has 0 aromatic heterocycles. The molecule has 1 amide bonds. The summed E-state index contributed by atoms with van der Waals surface area (Å²) in [4.78, 5) is 15.2. The summed E-state index contributed by atoms with van der Waals surface area (Å²) in [5, 5.41) is 0.692. The molecule has 1 saturated carbocycles. The Kier molecular flexibility index (Phi) is 4.24. The number of fused-ring (bicyclic) bond motifs is 2. The maximum Gasteiger partial charge on any atom is 0.227 e. The summed E-state index contributed by atoms with van der Waals surface area (Å²) in [6.45, 7) is 2.05. The minimum Gasteiger partial charge on any atom is -0.493 e. The number of ether oxygens (including phenoxy) is 2. The van der Waals surface area contributed by atoms with Gasteiger partial charge >= 0.3 is 0 Å². The van der Waals surface area contributed by atoms with Gasteiger partial charge in [0.1, 0.15) is 11.5 Å². The maximum absolute atomic E-state index is 13.1. The first-order valence-corrected chi connectivity index (χ1v) is 10.0. The fourth-order valence-electron chi connectivity index (χ4n) is 4.11. The van der Waals surface area contributed by atoms with E-state index in [9.17, 15) is 4.79 Å². The number of hydrogen-bond donors (Lipinski definition) is 0. The molecule has 0 spiro atoms. The van der Waals surface area contributed by atoms with Gasteiger partial charge in [-0.1, -0.05) is 23.7 Å². The van der Waals surface area contributed by atoms with E-state index in [0.29, 0.717) is 37.2 Å². The lowest BCUT2D eigenvalue weighted by Crippen LogP contribution is -2.34. The Balaban J connectivity index is 1.43. The maximum atomic E-state index is 13.1. The van der Waals surface area contributed by atoms with Gasteiger partial charge in [-0.25, -0.2) is 0 Å². The molecule has 0 bridgehead atoms. The molecule has 2 aliphatic heterocycles. The normalized spacial score (nSPS) is 17.1. The molecular formula is C22H22ClNO3. The van der Waals surface area contributed by atoms with Crippen LogP contribution in [0.15, 0.2) is 30.3 Å². The molecule has 1 fully saturated rings. The highest BCUT2D eigenvalue weighted by molar-refractivity contribution is 6.30. The fraction of sp³-hybridized carbons (Fsp3) is 0.409. The first kappa shape index (κ1) is 16.9. The lowest BCUT2D eigenvalue weighted by Gasteiger charge is -2.25. The quantitative estimate of drug-likeness (QED) is 0.784. The highest BCUT2D eigenvalue weighted by Gasteiger charge is 2.35. The molecule has 3 aliphatic rings. The number of carbonyl (C=O) groups is 1. The predicted molar refractivity (Wildman–Crippen MR) is 104 cm³/mol. The molecule has 0 N–H and O–H groups in total. The van der Waals surface area contributed by atoms with Gasteiger partial charge in [-0.05, 0) is 36.6 Å². The van der Waals surface area contributed by atoms with Crippen molar-refractivity contribution in [2.24, 2.45) is 0 Å². The molecule has 2 aromatic rings. The molecule has 4 nitrogen and oxygen atoms in total. The van der Waals surface area contributed by atoms with Crippen LogP contribution in [0.5, 0.6) is 11.5 Å². The van der Waals surface area contributed by atoms with Crippen LogP contribution in [0.3, 0.4) is 0 Å². The number of nitrogens with zero attached hydrogens (tertiary/aromatic N) is 1. The van der Waals surface area contributed by atoms with Crippen LogP contribution in [0, 0.1) is 0 Å². The Morgan fingerprint density at radius 3 is 2.67 bits per heavy atom. The fourth-order valence-corrected chi connectivity index (χ4v) is 4.23. The van der Waals surface area contributed by atoms with E-state index in [1.807, 2.05) is 29.2 Å². The summed E-state index contributed by atoms with van der Waals surface area (Å²) in [6.07, 6.45) is 4.39. The van der Waals surface area contributed by atoms with Crippen molar-refractivity contribution in [1.29, 1.82) is 0 Å². The standard InChI is InChI=1S/C22H22ClNO3/c23-16-3-1-14(2-4-16)11-21(25)24(17-5-6-17)13-19-18-8-10-26-20(18)12-15-7-9-27-22(15)19/h1-4,12,17H,5-11,13H2. The van der Waals surface area contributed by atoms with Crippen molar-refractivity contribution in [2.45, 2.75) is 44.7 Å². The predicted octanol–water partition coefficient (Wildman–Crippen LogP) is 3.94. The van der Waals surface area contributed by atoms with Gasteiger partial charge in [-0.3, -0.25) is 4.79 Å². The van der Waals surface area contributed by atoms with E-state index in [0.717, 1.165) is 48.3 Å². The van der Waals surface area contributed by atoms with E-state index in [1.54, 1.807) is 0 Å². The number of benzene rings is 2. The number of carbonyl (C=O) groups excluding carboxylic acids is 1. The van der Waals surface area contributed by atoms with Crippen molar-refractivity contribution in [3.63, 3.8) is 0 Å². The number of hydrogen-bond acceptors (Lipinski definition) is 3. The zero-order valence-corrected chi connectivity index (χ0v) is 15.9. The molecule has 27 heavy (non-hydrogen) atoms. The second-order valence-electron chi connectivity index (χ2n) is 7.57. The Hall–Kier alpha value is -2.20. The SMILES string of the molecule is O=C(Cc1ccc(Cl)cc1)N(Cc1c2c(cc3c1OCC3)OCC2)C1CC1. The molecule has 140 valence electrons. The van der Waals surface area contributed by atoms with Crippen LogP contribution in [0.4, 0.5) is 0 Å². The number of halogens is 1. The third-order valence-electron chi connectivity index (χ3n) is 5.67. The van der Waals surface area contributed by atoms with Crippen molar-refractivity contribution in [2.75, 3.05) is 13.2 Å². The van der Waals surface area contributed by atoms with E-state index in [4.69, 9.17) is 21.1 Å². The van der Waals surface area contributed by atoms with E-state index in [2.05, 4.69) is 6.07 Å². The van der Waals surface area contributed by atoms with Gasteiger partial charge in [0.2, 0.25) is 5.91 Å². The van der Waals surface area contributed by atoms with Crippen molar-refractivity contribution in [1.82, 2.24) is 4.90 Å². The topological polar surface area (TPSA) is 38.8 Å². The Labute approximate surface area is 164 Å². The van der Waals surface area contributed by atoms with E-state index >= 15 is 0 Å². The Morgan fingerprint density at radius 1 is 1.11 bits per heavy atom. The van der Waals surface area contributed by atoms with Gasteiger partial charge in [0, 0.05) is 40.6 Å². The Bertz CT molecular complexity index is 857. The molecule has 0 unspecified atom stereocenters. The minimum atomic E-state index is 0.170. The summed E-state index contributed by atoms with van der Waals surface area (Å²) in [7, 11) is 0. The number of amides is 1. The van der Waals surface area contributed by atoms with Crippen molar-refractivity contribution in [3.05, 3.63) is 57.6 Å². The summed E-state index contributed by atoms with van der Waals surface area (Å²) in [5.41, 5.74) is 4.60. The van der Waals surface area contributed by atoms with Crippen LogP contribution in [-0.4, -0.2) is 30.1 Å². The van der Waals surface area contributed by atoms with Gasteiger partial charge in [0.05, 0.1) is 26.2 Å². The zero-order valence-electron chi connectivity index (χ0n) is 15.2. The molecule has 0 atom stereocenters.